The van der Waals surface area contributed by atoms with E-state index in [0.29, 0.717) is 12.6 Å². The lowest BCUT2D eigenvalue weighted by Crippen LogP contribution is -2.31. The Morgan fingerprint density at radius 2 is 2.25 bits per heavy atom. The number of nitrogens with one attached hydrogen (secondary N) is 1. The Morgan fingerprint density at radius 1 is 1.56 bits per heavy atom. The van der Waals surface area contributed by atoms with Gasteiger partial charge in [-0.2, -0.15) is 11.8 Å². The van der Waals surface area contributed by atoms with E-state index in [1.54, 1.807) is 18.0 Å². The number of carbonyl (C=O) groups is 1. The van der Waals surface area contributed by atoms with Gasteiger partial charge < -0.3 is 9.88 Å². The van der Waals surface area contributed by atoms with Crippen LogP contribution in [0.5, 0.6) is 0 Å². The summed E-state index contributed by atoms with van der Waals surface area (Å²) < 4.78 is 2.06. The van der Waals surface area contributed by atoms with Crippen LogP contribution in [-0.4, -0.2) is 27.0 Å². The van der Waals surface area contributed by atoms with Crippen LogP contribution in [0, 0.1) is 0 Å². The van der Waals surface area contributed by atoms with Gasteiger partial charge in [0.05, 0.1) is 11.8 Å². The number of amides is 1. The molecular formula is C11H19N3OS. The number of carbonyl (C=O) groups excluding carboxylic acids is 1. The van der Waals surface area contributed by atoms with Crippen molar-refractivity contribution in [3.8, 4) is 0 Å². The van der Waals surface area contributed by atoms with Crippen molar-refractivity contribution in [1.82, 2.24) is 14.9 Å². The van der Waals surface area contributed by atoms with Crippen LogP contribution in [0.25, 0.3) is 0 Å². The molecule has 5 heteroatoms. The average Bonchev–Trinajstić information content (AvgIpc) is 2.72. The fourth-order valence-electron chi connectivity index (χ4n) is 1.37. The molecule has 90 valence electrons. The first kappa shape index (κ1) is 13.1. The van der Waals surface area contributed by atoms with E-state index in [0.717, 1.165) is 5.82 Å². The molecule has 0 saturated carbocycles. The van der Waals surface area contributed by atoms with Crippen LogP contribution in [0.15, 0.2) is 12.4 Å². The molecule has 0 aliphatic heterocycles. The van der Waals surface area contributed by atoms with E-state index in [2.05, 4.69) is 28.7 Å². The lowest BCUT2D eigenvalue weighted by atomic mass is 10.3. The van der Waals surface area contributed by atoms with Crippen molar-refractivity contribution in [2.75, 3.05) is 6.26 Å². The summed E-state index contributed by atoms with van der Waals surface area (Å²) in [6.45, 7) is 6.58. The van der Waals surface area contributed by atoms with E-state index in [1.807, 2.05) is 19.4 Å². The molecule has 16 heavy (non-hydrogen) atoms. The zero-order valence-electron chi connectivity index (χ0n) is 10.2. The molecule has 1 heterocycles. The maximum absolute atomic E-state index is 11.6. The lowest BCUT2D eigenvalue weighted by molar-refractivity contribution is -0.120. The Balaban J connectivity index is 2.54. The SMILES string of the molecule is CSC(C)C(=O)NCc1nccn1C(C)C. The third-order valence-corrected chi connectivity index (χ3v) is 3.37. The summed E-state index contributed by atoms with van der Waals surface area (Å²) in [6, 6.07) is 0.368. The molecule has 0 spiro atoms. The Kier molecular flexibility index (Phi) is 4.86. The van der Waals surface area contributed by atoms with Crippen molar-refractivity contribution in [3.63, 3.8) is 0 Å². The molecular weight excluding hydrogens is 222 g/mol. The second-order valence-corrected chi connectivity index (χ2v) is 5.12. The number of imidazole rings is 1. The Bertz CT molecular complexity index is 349. The lowest BCUT2D eigenvalue weighted by Gasteiger charge is -2.13. The number of hydrogen-bond donors (Lipinski definition) is 1. The van der Waals surface area contributed by atoms with Crippen LogP contribution in [-0.2, 0) is 11.3 Å². The average molecular weight is 241 g/mol. The van der Waals surface area contributed by atoms with E-state index in [1.165, 1.54) is 0 Å². The van der Waals surface area contributed by atoms with Crippen LogP contribution < -0.4 is 5.32 Å². The molecule has 0 saturated heterocycles. The third-order valence-electron chi connectivity index (χ3n) is 2.45. The second kappa shape index (κ2) is 5.94. The minimum absolute atomic E-state index is 0.0116. The van der Waals surface area contributed by atoms with Gasteiger partial charge in [0, 0.05) is 18.4 Å². The summed E-state index contributed by atoms with van der Waals surface area (Å²) in [5, 5.41) is 2.88. The van der Waals surface area contributed by atoms with E-state index in [9.17, 15) is 4.79 Å². The zero-order chi connectivity index (χ0) is 12.1. The summed E-state index contributed by atoms with van der Waals surface area (Å²) in [5.74, 6) is 0.961. The first-order valence-electron chi connectivity index (χ1n) is 5.38. The van der Waals surface area contributed by atoms with Gasteiger partial charge in [0.25, 0.3) is 0 Å². The number of thioether (sulfide) groups is 1. The van der Waals surface area contributed by atoms with Crippen LogP contribution in [0.2, 0.25) is 0 Å². The highest BCUT2D eigenvalue weighted by molar-refractivity contribution is 7.99. The van der Waals surface area contributed by atoms with E-state index >= 15 is 0 Å². The molecule has 0 aliphatic carbocycles. The highest BCUT2D eigenvalue weighted by Gasteiger charge is 2.12. The summed E-state index contributed by atoms with van der Waals surface area (Å²) in [4.78, 5) is 15.8. The van der Waals surface area contributed by atoms with Gasteiger partial charge in [-0.05, 0) is 27.0 Å². The summed E-state index contributed by atoms with van der Waals surface area (Å²) in [5.41, 5.74) is 0. The van der Waals surface area contributed by atoms with E-state index in [-0.39, 0.29) is 11.2 Å². The first-order chi connectivity index (χ1) is 7.56. The predicted octanol–water partition coefficient (Wildman–Crippen LogP) is 1.83. The second-order valence-electron chi connectivity index (χ2n) is 3.94. The number of hydrogen-bond acceptors (Lipinski definition) is 3. The van der Waals surface area contributed by atoms with Gasteiger partial charge in [-0.1, -0.05) is 0 Å². The van der Waals surface area contributed by atoms with E-state index in [4.69, 9.17) is 0 Å². The fourth-order valence-corrected chi connectivity index (χ4v) is 1.67. The molecule has 0 bridgehead atoms. The van der Waals surface area contributed by atoms with Crippen LogP contribution in [0.1, 0.15) is 32.6 Å². The third kappa shape index (κ3) is 3.27. The predicted molar refractivity (Wildman–Crippen MR) is 67.4 cm³/mol. The van der Waals surface area contributed by atoms with Crippen molar-refractivity contribution in [2.45, 2.75) is 38.6 Å². The van der Waals surface area contributed by atoms with Crippen LogP contribution >= 0.6 is 11.8 Å². The van der Waals surface area contributed by atoms with Gasteiger partial charge >= 0.3 is 0 Å². The van der Waals surface area contributed by atoms with Crippen molar-refractivity contribution in [1.29, 1.82) is 0 Å². The highest BCUT2D eigenvalue weighted by atomic mass is 32.2. The topological polar surface area (TPSA) is 46.9 Å². The summed E-state index contributed by atoms with van der Waals surface area (Å²) >= 11 is 1.54. The van der Waals surface area contributed by atoms with Gasteiger partial charge in [0.1, 0.15) is 5.82 Å². The molecule has 0 radical (unpaired) electrons. The van der Waals surface area contributed by atoms with Crippen molar-refractivity contribution in [2.24, 2.45) is 0 Å². The van der Waals surface area contributed by atoms with Gasteiger partial charge in [-0.15, -0.1) is 0 Å². The largest absolute Gasteiger partial charge is 0.348 e. The first-order valence-corrected chi connectivity index (χ1v) is 6.67. The minimum atomic E-state index is -0.0116. The molecule has 0 aromatic carbocycles. The number of aromatic nitrogens is 2. The Labute approximate surface area is 101 Å². The summed E-state index contributed by atoms with van der Waals surface area (Å²) in [7, 11) is 0. The Hall–Kier alpha value is -0.970. The molecule has 0 fully saturated rings. The van der Waals surface area contributed by atoms with Crippen molar-refractivity contribution in [3.05, 3.63) is 18.2 Å². The van der Waals surface area contributed by atoms with E-state index < -0.39 is 0 Å². The van der Waals surface area contributed by atoms with Crippen LogP contribution in [0.3, 0.4) is 0 Å². The molecule has 1 N–H and O–H groups in total. The smallest absolute Gasteiger partial charge is 0.233 e. The molecule has 4 nitrogen and oxygen atoms in total. The highest BCUT2D eigenvalue weighted by Crippen LogP contribution is 2.08. The molecule has 1 aromatic heterocycles. The molecule has 1 atom stereocenters. The van der Waals surface area contributed by atoms with Crippen molar-refractivity contribution >= 4 is 17.7 Å². The van der Waals surface area contributed by atoms with Gasteiger partial charge in [0.15, 0.2) is 0 Å². The minimum Gasteiger partial charge on any atom is -0.348 e. The monoisotopic (exact) mass is 241 g/mol. The molecule has 0 aliphatic rings. The summed E-state index contributed by atoms with van der Waals surface area (Å²) in [6.07, 6.45) is 5.63. The number of rotatable bonds is 5. The van der Waals surface area contributed by atoms with Gasteiger partial charge in [0.2, 0.25) is 5.91 Å². The number of nitrogens with zero attached hydrogens (tertiary/aromatic N) is 2. The normalized spacial score (nSPS) is 12.8. The quantitative estimate of drug-likeness (QED) is 0.855. The zero-order valence-corrected chi connectivity index (χ0v) is 11.0. The van der Waals surface area contributed by atoms with Gasteiger partial charge in [-0.25, -0.2) is 4.98 Å². The molecule has 1 amide bonds. The Morgan fingerprint density at radius 3 is 2.81 bits per heavy atom. The molecule has 1 aromatic rings. The maximum atomic E-state index is 11.6. The maximum Gasteiger partial charge on any atom is 0.233 e. The molecule has 1 unspecified atom stereocenters. The van der Waals surface area contributed by atoms with Gasteiger partial charge in [-0.3, -0.25) is 4.79 Å². The molecule has 1 rings (SSSR count). The van der Waals surface area contributed by atoms with Crippen molar-refractivity contribution < 1.29 is 4.79 Å². The standard InChI is InChI=1S/C11H19N3OS/c1-8(2)14-6-5-12-10(14)7-13-11(15)9(3)16-4/h5-6,8-9H,7H2,1-4H3,(H,13,15). The fraction of sp³-hybridized carbons (Fsp3) is 0.636. The van der Waals surface area contributed by atoms with Crippen LogP contribution in [0.4, 0.5) is 0 Å².